The molecule has 176 valence electrons. The number of alkyl halides is 3. The smallest absolute Gasteiger partial charge is 0.419 e. The van der Waals surface area contributed by atoms with Crippen molar-refractivity contribution >= 4 is 5.97 Å². The number of carboxylic acid groups (broad SMARTS) is 1. The summed E-state index contributed by atoms with van der Waals surface area (Å²) in [4.78, 5) is 24.0. The number of aromatic nitrogens is 3. The van der Waals surface area contributed by atoms with Gasteiger partial charge in [-0.1, -0.05) is 12.1 Å². The molecule has 7 nitrogen and oxygen atoms in total. The Morgan fingerprint density at radius 3 is 2.24 bits per heavy atom. The molecule has 1 heterocycles. The van der Waals surface area contributed by atoms with Crippen molar-refractivity contribution in [3.8, 4) is 11.4 Å². The number of nitrogens with zero attached hydrogens (tertiary/aromatic N) is 3. The van der Waals surface area contributed by atoms with E-state index in [1.165, 1.54) is 13.8 Å². The minimum absolute atomic E-state index is 0.0270. The lowest BCUT2D eigenvalue weighted by Gasteiger charge is -2.24. The van der Waals surface area contributed by atoms with E-state index in [1.807, 2.05) is 0 Å². The van der Waals surface area contributed by atoms with Gasteiger partial charge in [0, 0.05) is 0 Å². The maximum atomic E-state index is 13.9. The van der Waals surface area contributed by atoms with Gasteiger partial charge in [-0.05, 0) is 62.6 Å². The zero-order valence-electron chi connectivity index (χ0n) is 18.2. The van der Waals surface area contributed by atoms with Gasteiger partial charge < -0.3 is 9.84 Å². The number of rotatable bonds is 6. The number of ether oxygens (including phenoxy) is 1. The van der Waals surface area contributed by atoms with E-state index in [-0.39, 0.29) is 12.2 Å². The van der Waals surface area contributed by atoms with Crippen molar-refractivity contribution in [3.63, 3.8) is 0 Å². The highest BCUT2D eigenvalue weighted by Gasteiger charge is 2.34. The van der Waals surface area contributed by atoms with E-state index >= 15 is 0 Å². The molecular weight excluding hydrogens is 446 g/mol. The van der Waals surface area contributed by atoms with Crippen LogP contribution >= 0.6 is 0 Å². The minimum atomic E-state index is -4.84. The molecule has 33 heavy (non-hydrogen) atoms. The quantitative estimate of drug-likeness (QED) is 0.552. The first-order valence-corrected chi connectivity index (χ1v) is 9.75. The molecule has 0 amide bonds. The molecule has 1 N–H and O–H groups in total. The molecule has 2 aromatic carbocycles. The van der Waals surface area contributed by atoms with Gasteiger partial charge in [0.2, 0.25) is 0 Å². The molecule has 3 rings (SSSR count). The Morgan fingerprint density at radius 1 is 1.12 bits per heavy atom. The van der Waals surface area contributed by atoms with Gasteiger partial charge >= 0.3 is 17.8 Å². The molecule has 0 bridgehead atoms. The van der Waals surface area contributed by atoms with Crippen molar-refractivity contribution in [2.45, 2.75) is 46.0 Å². The number of hydrogen-bond donors (Lipinski definition) is 1. The van der Waals surface area contributed by atoms with Gasteiger partial charge in [-0.15, -0.1) is 0 Å². The number of halogens is 4. The summed E-state index contributed by atoms with van der Waals surface area (Å²) in [7, 11) is 0. The lowest BCUT2D eigenvalue weighted by molar-refractivity contribution is -0.152. The topological polar surface area (TPSA) is 86.4 Å². The molecule has 0 atom stereocenters. The predicted octanol–water partition coefficient (Wildman–Crippen LogP) is 4.10. The molecule has 0 radical (unpaired) electrons. The second-order valence-corrected chi connectivity index (χ2v) is 8.08. The van der Waals surface area contributed by atoms with E-state index in [0.717, 1.165) is 21.6 Å². The first-order chi connectivity index (χ1) is 15.2. The highest BCUT2D eigenvalue weighted by Crippen LogP contribution is 2.32. The molecule has 0 saturated heterocycles. The average Bonchev–Trinajstić information content (AvgIpc) is 3.04. The number of aliphatic carboxylic acids is 1. The van der Waals surface area contributed by atoms with Crippen LogP contribution < -0.4 is 10.4 Å². The van der Waals surface area contributed by atoms with E-state index in [4.69, 9.17) is 4.74 Å². The summed E-state index contributed by atoms with van der Waals surface area (Å²) in [5.74, 6) is -2.21. The van der Waals surface area contributed by atoms with Crippen LogP contribution in [0.15, 0.2) is 41.5 Å². The molecule has 0 fully saturated rings. The zero-order chi connectivity index (χ0) is 24.7. The van der Waals surface area contributed by atoms with Crippen LogP contribution in [-0.2, 0) is 17.5 Å². The van der Waals surface area contributed by atoms with Crippen LogP contribution in [0.4, 0.5) is 17.6 Å². The van der Waals surface area contributed by atoms with Crippen molar-refractivity contribution < 1.29 is 32.2 Å². The average molecular weight is 467 g/mol. The van der Waals surface area contributed by atoms with Gasteiger partial charge in [-0.2, -0.15) is 18.3 Å². The second kappa shape index (κ2) is 8.38. The maximum Gasteiger partial charge on any atom is 0.419 e. The fraction of sp³-hybridized carbons (Fsp3) is 0.318. The fourth-order valence-corrected chi connectivity index (χ4v) is 3.27. The fourth-order valence-electron chi connectivity index (χ4n) is 3.27. The van der Waals surface area contributed by atoms with Gasteiger partial charge in [0.25, 0.3) is 0 Å². The first kappa shape index (κ1) is 24.0. The maximum absolute atomic E-state index is 13.9. The molecule has 0 aliphatic rings. The van der Waals surface area contributed by atoms with Gasteiger partial charge in [0.05, 0.1) is 17.8 Å². The molecule has 0 saturated carbocycles. The Balaban J connectivity index is 1.89. The lowest BCUT2D eigenvalue weighted by atomic mass is 10.0. The summed E-state index contributed by atoms with van der Waals surface area (Å²) < 4.78 is 59.9. The van der Waals surface area contributed by atoms with E-state index in [2.05, 4.69) is 5.10 Å². The Labute approximate surface area is 185 Å². The molecular formula is C22H21F4N3O4. The lowest BCUT2D eigenvalue weighted by Crippen LogP contribution is -2.38. The zero-order valence-corrected chi connectivity index (χ0v) is 18.2. The highest BCUT2D eigenvalue weighted by molar-refractivity contribution is 5.77. The van der Waals surface area contributed by atoms with Crippen molar-refractivity contribution in [2.75, 3.05) is 0 Å². The summed E-state index contributed by atoms with van der Waals surface area (Å²) >= 11 is 0. The van der Waals surface area contributed by atoms with Crippen LogP contribution in [0.2, 0.25) is 0 Å². The third-order valence-electron chi connectivity index (χ3n) is 4.99. The molecule has 3 aromatic rings. The monoisotopic (exact) mass is 467 g/mol. The molecule has 1 aromatic heterocycles. The molecule has 0 unspecified atom stereocenters. The number of hydrogen-bond acceptors (Lipinski definition) is 4. The van der Waals surface area contributed by atoms with E-state index in [0.29, 0.717) is 34.6 Å². The van der Waals surface area contributed by atoms with E-state index in [1.54, 1.807) is 26.0 Å². The highest BCUT2D eigenvalue weighted by atomic mass is 19.4. The number of benzene rings is 2. The third kappa shape index (κ3) is 4.91. The van der Waals surface area contributed by atoms with Crippen molar-refractivity contribution in [3.05, 3.63) is 75.2 Å². The summed E-state index contributed by atoms with van der Waals surface area (Å²) in [5, 5.41) is 13.2. The van der Waals surface area contributed by atoms with Crippen LogP contribution in [0.3, 0.4) is 0 Å². The molecule has 0 aliphatic carbocycles. The summed E-state index contributed by atoms with van der Waals surface area (Å²) in [6.45, 7) is 6.35. The van der Waals surface area contributed by atoms with Crippen molar-refractivity contribution in [1.82, 2.24) is 14.3 Å². The summed E-state index contributed by atoms with van der Waals surface area (Å²) in [6, 6.07) is 5.61. The first-order valence-electron chi connectivity index (χ1n) is 9.75. The molecule has 0 aliphatic heterocycles. The van der Waals surface area contributed by atoms with Crippen molar-refractivity contribution in [1.29, 1.82) is 0 Å². The minimum Gasteiger partial charge on any atom is -0.478 e. The third-order valence-corrected chi connectivity index (χ3v) is 4.99. The largest absolute Gasteiger partial charge is 0.478 e. The normalized spacial score (nSPS) is 12.1. The van der Waals surface area contributed by atoms with Crippen LogP contribution in [0, 0.1) is 19.7 Å². The Morgan fingerprint density at radius 2 is 1.73 bits per heavy atom. The van der Waals surface area contributed by atoms with Crippen LogP contribution in [-0.4, -0.2) is 31.0 Å². The van der Waals surface area contributed by atoms with Crippen molar-refractivity contribution in [2.24, 2.45) is 0 Å². The predicted molar refractivity (Wildman–Crippen MR) is 110 cm³/mol. The second-order valence-electron chi connectivity index (χ2n) is 8.08. The Hall–Kier alpha value is -3.63. The SMILES string of the molecule is Cc1cc(Cn2ncn(-c3ccc(C(F)(F)F)c(F)c3)c2=O)cc(C)c1OC(C)(C)C(=O)O. The van der Waals surface area contributed by atoms with Gasteiger partial charge in [0.15, 0.2) is 5.60 Å². The number of carboxylic acids is 1. The van der Waals surface area contributed by atoms with E-state index in [9.17, 15) is 32.3 Å². The summed E-state index contributed by atoms with van der Waals surface area (Å²) in [6.07, 6.45) is -3.75. The van der Waals surface area contributed by atoms with Crippen LogP contribution in [0.5, 0.6) is 5.75 Å². The number of carbonyl (C=O) groups is 1. The van der Waals surface area contributed by atoms with E-state index < -0.39 is 34.8 Å². The molecule has 0 spiro atoms. The molecule has 11 heteroatoms. The standard InChI is InChI=1S/C22H21F4N3O4/c1-12-7-14(8-13(2)18(12)33-21(3,4)19(30)31)10-29-20(32)28(11-27-29)15-5-6-16(17(23)9-15)22(24,25)26/h5-9,11H,10H2,1-4H3,(H,30,31). The Bertz CT molecular complexity index is 1250. The Kier molecular flexibility index (Phi) is 6.10. The summed E-state index contributed by atoms with van der Waals surface area (Å²) in [5.41, 5.74) is -1.67. The van der Waals surface area contributed by atoms with Gasteiger partial charge in [-0.25, -0.2) is 23.2 Å². The van der Waals surface area contributed by atoms with Gasteiger partial charge in [0.1, 0.15) is 17.9 Å². The van der Waals surface area contributed by atoms with Crippen LogP contribution in [0.1, 0.15) is 36.1 Å². The van der Waals surface area contributed by atoms with Gasteiger partial charge in [-0.3, -0.25) is 0 Å². The van der Waals surface area contributed by atoms with Crippen LogP contribution in [0.25, 0.3) is 5.69 Å². The number of aryl methyl sites for hydroxylation is 2.